The number of hydrogen-bond acceptors (Lipinski definition) is 3. The molecule has 18 heavy (non-hydrogen) atoms. The average molecular weight is 251 g/mol. The zero-order valence-corrected chi connectivity index (χ0v) is 11.7. The number of piperidine rings is 3. The quantitative estimate of drug-likeness (QED) is 0.806. The molecule has 0 aromatic carbocycles. The van der Waals surface area contributed by atoms with Crippen molar-refractivity contribution < 1.29 is 0 Å². The Balaban J connectivity index is 1.45. The third-order valence-corrected chi connectivity index (χ3v) is 5.19. The molecule has 3 aliphatic heterocycles. The molecule has 1 N–H and O–H groups in total. The predicted molar refractivity (Wildman–Crippen MR) is 75.9 cm³/mol. The summed E-state index contributed by atoms with van der Waals surface area (Å²) in [5.41, 5.74) is 0. The van der Waals surface area contributed by atoms with Crippen LogP contribution < -0.4 is 5.32 Å². The first kappa shape index (κ1) is 12.9. The lowest BCUT2D eigenvalue weighted by molar-refractivity contribution is 0.0652. The van der Waals surface area contributed by atoms with E-state index in [1.807, 2.05) is 0 Å². The Morgan fingerprint density at radius 3 is 2.06 bits per heavy atom. The van der Waals surface area contributed by atoms with Crippen LogP contribution in [0.1, 0.15) is 44.9 Å². The van der Waals surface area contributed by atoms with Crippen molar-refractivity contribution in [1.82, 2.24) is 15.1 Å². The van der Waals surface area contributed by atoms with E-state index in [0.717, 1.165) is 12.1 Å². The monoisotopic (exact) mass is 251 g/mol. The van der Waals surface area contributed by atoms with Crippen molar-refractivity contribution in [3.63, 3.8) is 0 Å². The van der Waals surface area contributed by atoms with Gasteiger partial charge in [0, 0.05) is 18.6 Å². The standard InChI is InChI=1S/C15H29N3/c1-2-9-17(10-3-1)14-6-11-18(12-7-14)15-5-4-8-16-13-15/h14-16H,1-13H2. The van der Waals surface area contributed by atoms with E-state index >= 15 is 0 Å². The zero-order valence-electron chi connectivity index (χ0n) is 11.7. The molecular formula is C15H29N3. The molecule has 3 nitrogen and oxygen atoms in total. The Labute approximate surface area is 112 Å². The Bertz CT molecular complexity index is 210. The molecule has 0 aromatic rings. The SMILES string of the molecule is C1CCN(C2CCN(C3CCCNC3)CC2)CC1. The fourth-order valence-corrected chi connectivity index (χ4v) is 4.04. The van der Waals surface area contributed by atoms with E-state index in [1.54, 1.807) is 0 Å². The van der Waals surface area contributed by atoms with E-state index in [9.17, 15) is 0 Å². The molecule has 0 bridgehead atoms. The highest BCUT2D eigenvalue weighted by molar-refractivity contribution is 4.86. The van der Waals surface area contributed by atoms with Crippen LogP contribution in [0, 0.1) is 0 Å². The van der Waals surface area contributed by atoms with E-state index < -0.39 is 0 Å². The second kappa shape index (κ2) is 6.36. The molecule has 3 heteroatoms. The lowest BCUT2D eigenvalue weighted by Gasteiger charge is -2.43. The maximum Gasteiger partial charge on any atom is 0.0221 e. The molecule has 104 valence electrons. The van der Waals surface area contributed by atoms with Gasteiger partial charge >= 0.3 is 0 Å². The first-order valence-electron chi connectivity index (χ1n) is 8.12. The molecule has 3 aliphatic rings. The lowest BCUT2D eigenvalue weighted by Crippen LogP contribution is -2.52. The van der Waals surface area contributed by atoms with Gasteiger partial charge in [-0.1, -0.05) is 6.42 Å². The van der Waals surface area contributed by atoms with Gasteiger partial charge in [-0.05, 0) is 71.2 Å². The van der Waals surface area contributed by atoms with Crippen molar-refractivity contribution in [2.75, 3.05) is 39.3 Å². The van der Waals surface area contributed by atoms with Crippen LogP contribution in [-0.4, -0.2) is 61.2 Å². The Morgan fingerprint density at radius 1 is 0.667 bits per heavy atom. The molecule has 0 amide bonds. The molecule has 0 saturated carbocycles. The van der Waals surface area contributed by atoms with E-state index in [0.29, 0.717) is 0 Å². The normalized spacial score (nSPS) is 33.7. The summed E-state index contributed by atoms with van der Waals surface area (Å²) in [5, 5.41) is 3.55. The maximum atomic E-state index is 3.55. The van der Waals surface area contributed by atoms with Crippen molar-refractivity contribution in [1.29, 1.82) is 0 Å². The Hall–Kier alpha value is -0.120. The van der Waals surface area contributed by atoms with Crippen LogP contribution in [-0.2, 0) is 0 Å². The van der Waals surface area contributed by atoms with Crippen molar-refractivity contribution in [2.24, 2.45) is 0 Å². The van der Waals surface area contributed by atoms with Gasteiger partial charge in [-0.2, -0.15) is 0 Å². The molecule has 3 rings (SSSR count). The molecule has 3 saturated heterocycles. The van der Waals surface area contributed by atoms with Gasteiger partial charge in [-0.25, -0.2) is 0 Å². The van der Waals surface area contributed by atoms with Crippen LogP contribution in [0.4, 0.5) is 0 Å². The highest BCUT2D eigenvalue weighted by Gasteiger charge is 2.29. The fourth-order valence-electron chi connectivity index (χ4n) is 4.04. The summed E-state index contributed by atoms with van der Waals surface area (Å²) in [6.07, 6.45) is 9.95. The summed E-state index contributed by atoms with van der Waals surface area (Å²) in [6, 6.07) is 1.74. The van der Waals surface area contributed by atoms with E-state index in [4.69, 9.17) is 0 Å². The molecule has 0 radical (unpaired) electrons. The molecular weight excluding hydrogens is 222 g/mol. The van der Waals surface area contributed by atoms with Gasteiger partial charge in [-0.15, -0.1) is 0 Å². The summed E-state index contributed by atoms with van der Waals surface area (Å²) in [5.74, 6) is 0. The molecule has 0 spiro atoms. The van der Waals surface area contributed by atoms with Crippen LogP contribution in [0.3, 0.4) is 0 Å². The third kappa shape index (κ3) is 3.06. The van der Waals surface area contributed by atoms with Crippen molar-refractivity contribution in [2.45, 2.75) is 57.0 Å². The van der Waals surface area contributed by atoms with Crippen molar-refractivity contribution in [3.8, 4) is 0 Å². The average Bonchev–Trinajstić information content (AvgIpc) is 2.49. The topological polar surface area (TPSA) is 18.5 Å². The maximum absolute atomic E-state index is 3.55. The first-order chi connectivity index (χ1) is 8.93. The largest absolute Gasteiger partial charge is 0.315 e. The molecule has 1 unspecified atom stereocenters. The van der Waals surface area contributed by atoms with Gasteiger partial charge in [-0.3, -0.25) is 4.90 Å². The smallest absolute Gasteiger partial charge is 0.0221 e. The van der Waals surface area contributed by atoms with E-state index in [-0.39, 0.29) is 0 Å². The highest BCUT2D eigenvalue weighted by atomic mass is 15.2. The van der Waals surface area contributed by atoms with Crippen LogP contribution in [0.25, 0.3) is 0 Å². The molecule has 1 atom stereocenters. The molecule has 3 fully saturated rings. The van der Waals surface area contributed by atoms with Gasteiger partial charge in [0.1, 0.15) is 0 Å². The number of nitrogens with one attached hydrogen (secondary N) is 1. The number of likely N-dealkylation sites (tertiary alicyclic amines) is 2. The second-order valence-electron chi connectivity index (χ2n) is 6.36. The molecule has 3 heterocycles. The van der Waals surface area contributed by atoms with Gasteiger partial charge < -0.3 is 10.2 Å². The summed E-state index contributed by atoms with van der Waals surface area (Å²) in [4.78, 5) is 5.53. The summed E-state index contributed by atoms with van der Waals surface area (Å²) in [7, 11) is 0. The lowest BCUT2D eigenvalue weighted by atomic mass is 9.97. The number of rotatable bonds is 2. The van der Waals surface area contributed by atoms with Gasteiger partial charge in [0.2, 0.25) is 0 Å². The minimum atomic E-state index is 0.834. The van der Waals surface area contributed by atoms with Gasteiger partial charge in [0.15, 0.2) is 0 Å². The minimum Gasteiger partial charge on any atom is -0.315 e. The highest BCUT2D eigenvalue weighted by Crippen LogP contribution is 2.23. The number of nitrogens with zero attached hydrogens (tertiary/aromatic N) is 2. The van der Waals surface area contributed by atoms with E-state index in [1.165, 1.54) is 84.2 Å². The predicted octanol–water partition coefficient (Wildman–Crippen LogP) is 1.69. The second-order valence-corrected chi connectivity index (χ2v) is 6.36. The minimum absolute atomic E-state index is 0.834. The summed E-state index contributed by atoms with van der Waals surface area (Å²) in [6.45, 7) is 7.89. The molecule has 0 aromatic heterocycles. The zero-order chi connectivity index (χ0) is 12.2. The van der Waals surface area contributed by atoms with Crippen LogP contribution >= 0.6 is 0 Å². The Morgan fingerprint density at radius 2 is 1.39 bits per heavy atom. The van der Waals surface area contributed by atoms with E-state index in [2.05, 4.69) is 15.1 Å². The fraction of sp³-hybridized carbons (Fsp3) is 1.00. The Kier molecular flexibility index (Phi) is 4.55. The van der Waals surface area contributed by atoms with Crippen molar-refractivity contribution in [3.05, 3.63) is 0 Å². The van der Waals surface area contributed by atoms with Crippen LogP contribution in [0.15, 0.2) is 0 Å². The van der Waals surface area contributed by atoms with Gasteiger partial charge in [0.05, 0.1) is 0 Å². The van der Waals surface area contributed by atoms with Crippen LogP contribution in [0.5, 0.6) is 0 Å². The van der Waals surface area contributed by atoms with Crippen molar-refractivity contribution >= 4 is 0 Å². The summed E-state index contributed by atoms with van der Waals surface area (Å²) < 4.78 is 0. The van der Waals surface area contributed by atoms with Gasteiger partial charge in [0.25, 0.3) is 0 Å². The number of hydrogen-bond donors (Lipinski definition) is 1. The molecule has 0 aliphatic carbocycles. The third-order valence-electron chi connectivity index (χ3n) is 5.19. The first-order valence-corrected chi connectivity index (χ1v) is 8.12. The summed E-state index contributed by atoms with van der Waals surface area (Å²) >= 11 is 0. The van der Waals surface area contributed by atoms with Crippen LogP contribution in [0.2, 0.25) is 0 Å².